The van der Waals surface area contributed by atoms with Crippen LogP contribution >= 0.6 is 0 Å². The van der Waals surface area contributed by atoms with Crippen LogP contribution in [0.15, 0.2) is 36.5 Å². The number of hydrogen-bond donors (Lipinski definition) is 1. The molecule has 2 aliphatic rings. The number of aryl methyl sites for hydroxylation is 1. The molecule has 8 nitrogen and oxygen atoms in total. The molecule has 3 heterocycles. The van der Waals surface area contributed by atoms with E-state index in [-0.39, 0.29) is 29.7 Å². The molecule has 1 N–H and O–H groups in total. The number of nitrogens with zero attached hydrogens (tertiary/aromatic N) is 4. The number of benzene rings is 1. The number of aromatic nitrogens is 2. The Morgan fingerprint density at radius 1 is 1.38 bits per heavy atom. The first-order chi connectivity index (χ1) is 13.9. The number of carbonyl (C=O) groups excluding carboxylic acids is 1. The maximum absolute atomic E-state index is 13.9. The smallest absolute Gasteiger partial charge is 0.271 e. The fourth-order valence-electron chi connectivity index (χ4n) is 4.31. The Balaban J connectivity index is 1.38. The molecule has 2 aromatic rings. The Bertz CT molecular complexity index is 986. The molecular weight excluding hydrogens is 377 g/mol. The summed E-state index contributed by atoms with van der Waals surface area (Å²) in [4.78, 5) is 24.9. The molecule has 1 aromatic carbocycles. The lowest BCUT2D eigenvalue weighted by Crippen LogP contribution is -2.40. The van der Waals surface area contributed by atoms with Crippen LogP contribution in [0.25, 0.3) is 5.57 Å². The SMILES string of the molecule is Cn1nccc1C1=C[C@H]2CC[C@@H](C1)N2CCC(=O)Nc1cc([N+](=O)[O-])ccc1F. The zero-order chi connectivity index (χ0) is 20.5. The van der Waals surface area contributed by atoms with E-state index in [0.29, 0.717) is 12.6 Å². The molecule has 2 aliphatic heterocycles. The second kappa shape index (κ2) is 7.75. The van der Waals surface area contributed by atoms with Crippen LogP contribution in [0.5, 0.6) is 0 Å². The number of non-ortho nitro benzene ring substituents is 1. The molecule has 0 saturated carbocycles. The molecule has 1 aromatic heterocycles. The molecule has 0 radical (unpaired) electrons. The predicted octanol–water partition coefficient (Wildman–Crippen LogP) is 3.12. The summed E-state index contributed by atoms with van der Waals surface area (Å²) in [6.45, 7) is 0.562. The predicted molar refractivity (Wildman–Crippen MR) is 106 cm³/mol. The number of nitro groups is 1. The maximum Gasteiger partial charge on any atom is 0.271 e. The lowest BCUT2D eigenvalue weighted by Gasteiger charge is -2.33. The highest BCUT2D eigenvalue weighted by molar-refractivity contribution is 5.91. The van der Waals surface area contributed by atoms with Crippen molar-refractivity contribution in [2.24, 2.45) is 7.05 Å². The summed E-state index contributed by atoms with van der Waals surface area (Å²) in [5.74, 6) is -1.05. The summed E-state index contributed by atoms with van der Waals surface area (Å²) in [5.41, 5.74) is 1.99. The Morgan fingerprint density at radius 2 is 2.21 bits per heavy atom. The van der Waals surface area contributed by atoms with Gasteiger partial charge in [-0.1, -0.05) is 6.08 Å². The van der Waals surface area contributed by atoms with Crippen LogP contribution in [0.4, 0.5) is 15.8 Å². The van der Waals surface area contributed by atoms with Crippen LogP contribution in [0, 0.1) is 15.9 Å². The van der Waals surface area contributed by atoms with Crippen LogP contribution < -0.4 is 5.32 Å². The minimum atomic E-state index is -0.689. The van der Waals surface area contributed by atoms with E-state index in [9.17, 15) is 19.3 Å². The van der Waals surface area contributed by atoms with E-state index in [1.807, 2.05) is 17.8 Å². The van der Waals surface area contributed by atoms with Gasteiger partial charge in [0.1, 0.15) is 5.82 Å². The zero-order valence-electron chi connectivity index (χ0n) is 16.0. The van der Waals surface area contributed by atoms with Gasteiger partial charge in [-0.3, -0.25) is 24.5 Å². The van der Waals surface area contributed by atoms with Gasteiger partial charge in [0.2, 0.25) is 5.91 Å². The van der Waals surface area contributed by atoms with E-state index < -0.39 is 10.7 Å². The van der Waals surface area contributed by atoms with Gasteiger partial charge in [-0.15, -0.1) is 0 Å². The Hall–Kier alpha value is -3.07. The quantitative estimate of drug-likeness (QED) is 0.595. The van der Waals surface area contributed by atoms with Crippen LogP contribution in [-0.4, -0.2) is 44.1 Å². The molecule has 152 valence electrons. The molecule has 0 aliphatic carbocycles. The third-order valence-electron chi connectivity index (χ3n) is 5.72. The lowest BCUT2D eigenvalue weighted by atomic mass is 9.98. The fraction of sp³-hybridized carbons (Fsp3) is 0.400. The molecule has 4 rings (SSSR count). The van der Waals surface area contributed by atoms with E-state index >= 15 is 0 Å². The molecule has 1 amide bonds. The topological polar surface area (TPSA) is 93.3 Å². The van der Waals surface area contributed by atoms with E-state index in [1.54, 1.807) is 6.20 Å². The average Bonchev–Trinajstić information content (AvgIpc) is 3.21. The third kappa shape index (κ3) is 3.91. The summed E-state index contributed by atoms with van der Waals surface area (Å²) in [5, 5.41) is 17.6. The van der Waals surface area contributed by atoms with Crippen LogP contribution in [0.2, 0.25) is 0 Å². The largest absolute Gasteiger partial charge is 0.323 e. The van der Waals surface area contributed by atoms with Gasteiger partial charge < -0.3 is 5.32 Å². The molecule has 1 fully saturated rings. The fourth-order valence-corrected chi connectivity index (χ4v) is 4.31. The highest BCUT2D eigenvalue weighted by atomic mass is 19.1. The number of amides is 1. The highest BCUT2D eigenvalue weighted by Gasteiger charge is 2.37. The number of hydrogen-bond acceptors (Lipinski definition) is 5. The van der Waals surface area contributed by atoms with Gasteiger partial charge in [-0.05, 0) is 37.0 Å². The first-order valence-electron chi connectivity index (χ1n) is 9.61. The summed E-state index contributed by atoms with van der Waals surface area (Å²) < 4.78 is 15.7. The van der Waals surface area contributed by atoms with Gasteiger partial charge in [0, 0.05) is 50.4 Å². The normalized spacial score (nSPS) is 21.1. The van der Waals surface area contributed by atoms with Crippen molar-refractivity contribution in [3.8, 4) is 0 Å². The van der Waals surface area contributed by atoms with E-state index in [0.717, 1.165) is 43.2 Å². The Kier molecular flexibility index (Phi) is 5.14. The van der Waals surface area contributed by atoms with E-state index in [2.05, 4.69) is 21.4 Å². The monoisotopic (exact) mass is 399 g/mol. The summed E-state index contributed by atoms with van der Waals surface area (Å²) >= 11 is 0. The standard InChI is InChI=1S/C20H22FN5O3/c1-24-19(6-8-22-24)13-10-14-2-3-15(11-13)25(14)9-7-20(27)23-18-12-16(26(28)29)4-5-17(18)21/h4-6,8,10,12,14-15H,2-3,7,9,11H2,1H3,(H,23,27)/t14-,15+/m1/s1. The number of fused-ring (bicyclic) bond motifs is 2. The highest BCUT2D eigenvalue weighted by Crippen LogP contribution is 2.38. The van der Waals surface area contributed by atoms with E-state index in [4.69, 9.17) is 0 Å². The number of carbonyl (C=O) groups is 1. The second-order valence-corrected chi connectivity index (χ2v) is 7.49. The first kappa shape index (κ1) is 19.3. The lowest BCUT2D eigenvalue weighted by molar-refractivity contribution is -0.384. The second-order valence-electron chi connectivity index (χ2n) is 7.49. The molecule has 9 heteroatoms. The van der Waals surface area contributed by atoms with E-state index in [1.165, 1.54) is 5.57 Å². The molecule has 2 atom stereocenters. The van der Waals surface area contributed by atoms with Crippen LogP contribution in [0.3, 0.4) is 0 Å². The van der Waals surface area contributed by atoms with Gasteiger partial charge in [0.05, 0.1) is 16.3 Å². The van der Waals surface area contributed by atoms with Crippen molar-refractivity contribution in [2.45, 2.75) is 37.8 Å². The van der Waals surface area contributed by atoms with Gasteiger partial charge in [0.15, 0.2) is 0 Å². The molecule has 29 heavy (non-hydrogen) atoms. The molecular formula is C20H22FN5O3. The maximum atomic E-state index is 13.9. The summed E-state index contributed by atoms with van der Waals surface area (Å²) in [6, 6.07) is 5.77. The van der Waals surface area contributed by atoms with Gasteiger partial charge in [-0.2, -0.15) is 5.10 Å². The molecule has 0 spiro atoms. The van der Waals surface area contributed by atoms with Crippen molar-refractivity contribution in [1.82, 2.24) is 14.7 Å². The summed E-state index contributed by atoms with van der Waals surface area (Å²) in [6.07, 6.45) is 7.29. The number of rotatable bonds is 6. The van der Waals surface area contributed by atoms with Gasteiger partial charge in [0.25, 0.3) is 5.69 Å². The minimum Gasteiger partial charge on any atom is -0.323 e. The first-order valence-corrected chi connectivity index (χ1v) is 9.61. The van der Waals surface area contributed by atoms with Crippen molar-refractivity contribution >= 4 is 22.9 Å². The Labute approximate surface area is 167 Å². The molecule has 1 saturated heterocycles. The molecule has 0 unspecified atom stereocenters. The van der Waals surface area contributed by atoms with Crippen LogP contribution in [0.1, 0.15) is 31.4 Å². The van der Waals surface area contributed by atoms with Crippen molar-refractivity contribution < 1.29 is 14.1 Å². The van der Waals surface area contributed by atoms with Crippen molar-refractivity contribution in [1.29, 1.82) is 0 Å². The number of nitrogens with one attached hydrogen (secondary N) is 1. The minimum absolute atomic E-state index is 0.163. The van der Waals surface area contributed by atoms with Crippen LogP contribution in [-0.2, 0) is 11.8 Å². The molecule has 2 bridgehead atoms. The van der Waals surface area contributed by atoms with Crippen molar-refractivity contribution in [3.05, 3.63) is 58.2 Å². The number of nitro benzene ring substituents is 1. The van der Waals surface area contributed by atoms with Crippen molar-refractivity contribution in [3.63, 3.8) is 0 Å². The summed E-state index contributed by atoms with van der Waals surface area (Å²) in [7, 11) is 1.93. The number of anilines is 1. The number of halogens is 1. The third-order valence-corrected chi connectivity index (χ3v) is 5.72. The zero-order valence-corrected chi connectivity index (χ0v) is 16.0. The average molecular weight is 399 g/mol. The van der Waals surface area contributed by atoms with Crippen molar-refractivity contribution in [2.75, 3.05) is 11.9 Å². The van der Waals surface area contributed by atoms with Gasteiger partial charge >= 0.3 is 0 Å². The van der Waals surface area contributed by atoms with Gasteiger partial charge in [-0.25, -0.2) is 4.39 Å². The Morgan fingerprint density at radius 3 is 2.90 bits per heavy atom.